The van der Waals surface area contributed by atoms with Crippen molar-refractivity contribution in [3.63, 3.8) is 0 Å². The lowest BCUT2D eigenvalue weighted by Crippen LogP contribution is -2.39. The van der Waals surface area contributed by atoms with Crippen molar-refractivity contribution in [1.82, 2.24) is 5.32 Å². The Morgan fingerprint density at radius 1 is 1.37 bits per heavy atom. The molecule has 1 fully saturated rings. The average molecular weight is 269 g/mol. The molecule has 0 radical (unpaired) electrons. The summed E-state index contributed by atoms with van der Waals surface area (Å²) in [5.41, 5.74) is 0.170. The van der Waals surface area contributed by atoms with Gasteiger partial charge in [0.25, 0.3) is 0 Å². The van der Waals surface area contributed by atoms with Crippen LogP contribution in [-0.2, 0) is 11.2 Å². The summed E-state index contributed by atoms with van der Waals surface area (Å²) in [6.45, 7) is 2.82. The molecule has 0 bridgehead atoms. The monoisotopic (exact) mass is 269 g/mol. The maximum atomic E-state index is 13.7. The van der Waals surface area contributed by atoms with Crippen LogP contribution in [0.25, 0.3) is 0 Å². The van der Waals surface area contributed by atoms with Crippen LogP contribution in [0.4, 0.5) is 8.78 Å². The number of nitrogens with one attached hydrogen (secondary N) is 1. The van der Waals surface area contributed by atoms with Gasteiger partial charge >= 0.3 is 0 Å². The van der Waals surface area contributed by atoms with Gasteiger partial charge in [0, 0.05) is 24.1 Å². The van der Waals surface area contributed by atoms with E-state index in [-0.39, 0.29) is 17.7 Å². The fraction of sp³-hybridized carbons (Fsp3) is 0.600. The van der Waals surface area contributed by atoms with E-state index in [9.17, 15) is 8.78 Å². The number of halogens is 2. The van der Waals surface area contributed by atoms with E-state index in [4.69, 9.17) is 4.74 Å². The third-order valence-electron chi connectivity index (χ3n) is 4.04. The molecule has 0 saturated carbocycles. The smallest absolute Gasteiger partial charge is 0.129 e. The maximum Gasteiger partial charge on any atom is 0.129 e. The molecular formula is C15H21F2NO. The molecule has 2 nitrogen and oxygen atoms in total. The lowest BCUT2D eigenvalue weighted by atomic mass is 9.87. The molecule has 1 heterocycles. The van der Waals surface area contributed by atoms with Crippen LogP contribution < -0.4 is 5.32 Å². The van der Waals surface area contributed by atoms with Crippen LogP contribution in [0.2, 0.25) is 0 Å². The standard InChI is InChI=1S/C15H21F2NO/c1-3-15-10(7-8-19-15)14(18-2)9-11-12(16)5-4-6-13(11)17/h4-6,10,14-15,18H,3,7-9H2,1-2H3. The highest BCUT2D eigenvalue weighted by molar-refractivity contribution is 5.21. The highest BCUT2D eigenvalue weighted by Crippen LogP contribution is 2.29. The second kappa shape index (κ2) is 6.44. The zero-order valence-electron chi connectivity index (χ0n) is 11.5. The molecule has 3 unspecified atom stereocenters. The van der Waals surface area contributed by atoms with Crippen LogP contribution in [0.15, 0.2) is 18.2 Å². The van der Waals surface area contributed by atoms with Crippen LogP contribution in [0.1, 0.15) is 25.3 Å². The van der Waals surface area contributed by atoms with Gasteiger partial charge in [0.1, 0.15) is 11.6 Å². The van der Waals surface area contributed by atoms with Gasteiger partial charge in [0.05, 0.1) is 6.10 Å². The minimum atomic E-state index is -0.466. The summed E-state index contributed by atoms with van der Waals surface area (Å²) < 4.78 is 33.1. The molecule has 1 saturated heterocycles. The van der Waals surface area contributed by atoms with Crippen molar-refractivity contribution in [2.45, 2.75) is 38.3 Å². The fourth-order valence-corrected chi connectivity index (χ4v) is 2.96. The first kappa shape index (κ1) is 14.4. The highest BCUT2D eigenvalue weighted by Gasteiger charge is 2.33. The van der Waals surface area contributed by atoms with E-state index in [2.05, 4.69) is 12.2 Å². The van der Waals surface area contributed by atoms with Crippen LogP contribution in [0.3, 0.4) is 0 Å². The molecule has 1 aromatic rings. The molecule has 1 aromatic carbocycles. The van der Waals surface area contributed by atoms with Crippen LogP contribution in [0, 0.1) is 17.6 Å². The Morgan fingerprint density at radius 2 is 2.05 bits per heavy atom. The minimum Gasteiger partial charge on any atom is -0.378 e. The van der Waals surface area contributed by atoms with Gasteiger partial charge in [-0.1, -0.05) is 13.0 Å². The highest BCUT2D eigenvalue weighted by atomic mass is 19.1. The van der Waals surface area contributed by atoms with Gasteiger partial charge in [-0.25, -0.2) is 8.78 Å². The summed E-state index contributed by atoms with van der Waals surface area (Å²) in [5, 5.41) is 3.20. The first-order chi connectivity index (χ1) is 9.17. The first-order valence-corrected chi connectivity index (χ1v) is 6.89. The molecule has 0 amide bonds. The number of ether oxygens (including phenoxy) is 1. The van der Waals surface area contributed by atoms with Gasteiger partial charge in [-0.05, 0) is 38.4 Å². The minimum absolute atomic E-state index is 0.0406. The van der Waals surface area contributed by atoms with Crippen molar-refractivity contribution < 1.29 is 13.5 Å². The molecule has 4 heteroatoms. The van der Waals surface area contributed by atoms with Crippen molar-refractivity contribution in [3.05, 3.63) is 35.4 Å². The van der Waals surface area contributed by atoms with Crippen LogP contribution in [-0.4, -0.2) is 25.8 Å². The Hall–Kier alpha value is -1.00. The van der Waals surface area contributed by atoms with Gasteiger partial charge < -0.3 is 10.1 Å². The molecule has 0 aromatic heterocycles. The molecule has 19 heavy (non-hydrogen) atoms. The van der Waals surface area contributed by atoms with Crippen molar-refractivity contribution in [2.75, 3.05) is 13.7 Å². The third kappa shape index (κ3) is 3.12. The average Bonchev–Trinajstić information content (AvgIpc) is 2.87. The van der Waals surface area contributed by atoms with Crippen LogP contribution >= 0.6 is 0 Å². The molecule has 106 valence electrons. The summed E-state index contributed by atoms with van der Waals surface area (Å²) in [5.74, 6) is -0.617. The van der Waals surface area contributed by atoms with Crippen molar-refractivity contribution >= 4 is 0 Å². The fourth-order valence-electron chi connectivity index (χ4n) is 2.96. The lowest BCUT2D eigenvalue weighted by molar-refractivity contribution is 0.0781. The number of hydrogen-bond donors (Lipinski definition) is 1. The molecule has 0 spiro atoms. The number of likely N-dealkylation sites (N-methyl/N-ethyl adjacent to an activating group) is 1. The summed E-state index contributed by atoms with van der Waals surface area (Å²) in [6.07, 6.45) is 2.43. The predicted molar refractivity (Wildman–Crippen MR) is 71.0 cm³/mol. The maximum absolute atomic E-state index is 13.7. The van der Waals surface area contributed by atoms with E-state index < -0.39 is 11.6 Å². The Bertz CT molecular complexity index is 404. The van der Waals surface area contributed by atoms with Crippen molar-refractivity contribution in [1.29, 1.82) is 0 Å². The predicted octanol–water partition coefficient (Wildman–Crippen LogP) is 2.91. The Kier molecular flexibility index (Phi) is 4.88. The number of hydrogen-bond acceptors (Lipinski definition) is 2. The summed E-state index contributed by atoms with van der Waals surface area (Å²) in [7, 11) is 1.84. The SMILES string of the molecule is CCC1OCCC1C(Cc1c(F)cccc1F)NC. The summed E-state index contributed by atoms with van der Waals surface area (Å²) >= 11 is 0. The second-order valence-electron chi connectivity index (χ2n) is 5.07. The summed E-state index contributed by atoms with van der Waals surface area (Å²) in [4.78, 5) is 0. The second-order valence-corrected chi connectivity index (χ2v) is 5.07. The largest absolute Gasteiger partial charge is 0.378 e. The Balaban J connectivity index is 2.15. The quantitative estimate of drug-likeness (QED) is 0.887. The van der Waals surface area contributed by atoms with Gasteiger partial charge in [0.2, 0.25) is 0 Å². The van der Waals surface area contributed by atoms with Gasteiger partial charge in [-0.3, -0.25) is 0 Å². The van der Waals surface area contributed by atoms with Gasteiger partial charge in [-0.2, -0.15) is 0 Å². The topological polar surface area (TPSA) is 21.3 Å². The summed E-state index contributed by atoms with van der Waals surface area (Å²) in [6, 6.07) is 4.07. The number of rotatable bonds is 5. The molecule has 0 aliphatic carbocycles. The Labute approximate surface area is 113 Å². The molecule has 1 aliphatic heterocycles. The van der Waals surface area contributed by atoms with E-state index in [0.29, 0.717) is 12.3 Å². The van der Waals surface area contributed by atoms with Gasteiger partial charge in [0.15, 0.2) is 0 Å². The lowest BCUT2D eigenvalue weighted by Gasteiger charge is -2.27. The molecule has 2 rings (SSSR count). The van der Waals surface area contributed by atoms with Crippen LogP contribution in [0.5, 0.6) is 0 Å². The molecule has 3 atom stereocenters. The first-order valence-electron chi connectivity index (χ1n) is 6.89. The van der Waals surface area contributed by atoms with E-state index in [0.717, 1.165) is 19.4 Å². The molecule has 1 aliphatic rings. The van der Waals surface area contributed by atoms with E-state index in [1.54, 1.807) is 0 Å². The normalized spacial score (nSPS) is 24.6. The third-order valence-corrected chi connectivity index (χ3v) is 4.04. The van der Waals surface area contributed by atoms with Gasteiger partial charge in [-0.15, -0.1) is 0 Å². The zero-order chi connectivity index (χ0) is 13.8. The van der Waals surface area contributed by atoms with Crippen molar-refractivity contribution in [3.8, 4) is 0 Å². The zero-order valence-corrected chi connectivity index (χ0v) is 11.5. The molecule has 1 N–H and O–H groups in total. The van der Waals surface area contributed by atoms with Crippen molar-refractivity contribution in [2.24, 2.45) is 5.92 Å². The Morgan fingerprint density at radius 3 is 2.63 bits per heavy atom. The van der Waals surface area contributed by atoms with E-state index >= 15 is 0 Å². The van der Waals surface area contributed by atoms with E-state index in [1.165, 1.54) is 18.2 Å². The van der Waals surface area contributed by atoms with E-state index in [1.807, 2.05) is 7.05 Å². The number of benzene rings is 1. The molecular weight excluding hydrogens is 248 g/mol.